The van der Waals surface area contributed by atoms with Gasteiger partial charge in [0.1, 0.15) is 0 Å². The van der Waals surface area contributed by atoms with Gasteiger partial charge in [0.15, 0.2) is 0 Å². The van der Waals surface area contributed by atoms with E-state index in [1.807, 2.05) is 58.3 Å². The number of nitrogen functional groups attached to an aromatic ring is 2. The number of rotatable bonds is 2. The van der Waals surface area contributed by atoms with Gasteiger partial charge < -0.3 is 31.1 Å². The molecule has 7 nitrogen and oxygen atoms in total. The molecule has 2 aromatic carbocycles. The standard InChI is InChI=1S/C23H32N6O/c1-26-11-13-28(21(15-26)17-3-7-19(24)8-4-17)23(30)29-14-12-27(2)16-22(29)18-5-9-20(25)10-6-18/h3-10,21-22H,11-16,24-25H2,1-2H3. The molecule has 4 N–H and O–H groups in total. The van der Waals surface area contributed by atoms with E-state index >= 15 is 0 Å². The minimum absolute atomic E-state index is 0.0172. The van der Waals surface area contributed by atoms with Gasteiger partial charge in [-0.05, 0) is 49.5 Å². The first-order chi connectivity index (χ1) is 14.4. The van der Waals surface area contributed by atoms with Crippen LogP contribution in [0, 0.1) is 0 Å². The van der Waals surface area contributed by atoms with Crippen LogP contribution in [0.2, 0.25) is 0 Å². The van der Waals surface area contributed by atoms with E-state index in [2.05, 4.69) is 23.9 Å². The number of nitrogens with two attached hydrogens (primary N) is 2. The molecule has 2 aliphatic heterocycles. The molecule has 0 aromatic heterocycles. The first-order valence-electron chi connectivity index (χ1n) is 10.6. The van der Waals surface area contributed by atoms with Crippen LogP contribution in [0.5, 0.6) is 0 Å². The summed E-state index contributed by atoms with van der Waals surface area (Å²) < 4.78 is 0. The summed E-state index contributed by atoms with van der Waals surface area (Å²) in [6.45, 7) is 4.80. The largest absolute Gasteiger partial charge is 0.399 e. The minimum atomic E-state index is 0.0172. The van der Waals surface area contributed by atoms with Crippen LogP contribution in [0.3, 0.4) is 0 Å². The Labute approximate surface area is 178 Å². The molecular weight excluding hydrogens is 376 g/mol. The average molecular weight is 409 g/mol. The fourth-order valence-electron chi connectivity index (χ4n) is 4.47. The van der Waals surface area contributed by atoms with Gasteiger partial charge in [0, 0.05) is 50.6 Å². The molecule has 30 heavy (non-hydrogen) atoms. The highest BCUT2D eigenvalue weighted by Crippen LogP contribution is 2.31. The lowest BCUT2D eigenvalue weighted by molar-refractivity contribution is 0.0518. The van der Waals surface area contributed by atoms with Crippen molar-refractivity contribution >= 4 is 17.4 Å². The van der Waals surface area contributed by atoms with Gasteiger partial charge in [-0.3, -0.25) is 0 Å². The molecule has 0 aliphatic carbocycles. The van der Waals surface area contributed by atoms with Crippen LogP contribution < -0.4 is 11.5 Å². The third-order valence-electron chi connectivity index (χ3n) is 6.30. The summed E-state index contributed by atoms with van der Waals surface area (Å²) in [5.41, 5.74) is 15.5. The fourth-order valence-corrected chi connectivity index (χ4v) is 4.47. The van der Waals surface area contributed by atoms with Crippen molar-refractivity contribution in [3.8, 4) is 0 Å². The highest BCUT2D eigenvalue weighted by molar-refractivity contribution is 5.76. The zero-order chi connectivity index (χ0) is 21.3. The first-order valence-corrected chi connectivity index (χ1v) is 10.6. The Morgan fingerprint density at radius 1 is 0.700 bits per heavy atom. The lowest BCUT2D eigenvalue weighted by Gasteiger charge is -2.46. The Balaban J connectivity index is 1.62. The number of piperazine rings is 2. The van der Waals surface area contributed by atoms with Crippen molar-refractivity contribution in [2.45, 2.75) is 12.1 Å². The number of nitrogens with zero attached hydrogens (tertiary/aromatic N) is 4. The maximum absolute atomic E-state index is 13.8. The van der Waals surface area contributed by atoms with Crippen molar-refractivity contribution < 1.29 is 4.79 Å². The zero-order valence-corrected chi connectivity index (χ0v) is 17.9. The monoisotopic (exact) mass is 408 g/mol. The molecule has 160 valence electrons. The molecule has 7 heteroatoms. The van der Waals surface area contributed by atoms with E-state index in [1.165, 1.54) is 0 Å². The molecule has 4 rings (SSSR count). The lowest BCUT2D eigenvalue weighted by Crippen LogP contribution is -2.57. The molecular formula is C23H32N6O. The summed E-state index contributed by atoms with van der Waals surface area (Å²) in [5, 5.41) is 0. The Bertz CT molecular complexity index is 797. The number of carbonyl (C=O) groups excluding carboxylic acids is 1. The molecule has 0 spiro atoms. The van der Waals surface area contributed by atoms with Crippen molar-refractivity contribution in [1.29, 1.82) is 0 Å². The number of hydrogen-bond donors (Lipinski definition) is 2. The van der Waals surface area contributed by atoms with Crippen LogP contribution in [0.1, 0.15) is 23.2 Å². The second-order valence-corrected chi connectivity index (χ2v) is 8.56. The maximum atomic E-state index is 13.8. The summed E-state index contributed by atoms with van der Waals surface area (Å²) in [6, 6.07) is 16.0. The summed E-state index contributed by atoms with van der Waals surface area (Å²) in [5.74, 6) is 0. The normalized spacial score (nSPS) is 23.5. The van der Waals surface area contributed by atoms with E-state index < -0.39 is 0 Å². The number of anilines is 2. The highest BCUT2D eigenvalue weighted by atomic mass is 16.2. The maximum Gasteiger partial charge on any atom is 0.321 e. The molecule has 2 fully saturated rings. The SMILES string of the molecule is CN1CCN(C(=O)N2CCN(C)CC2c2ccc(N)cc2)C(c2ccc(N)cc2)C1. The van der Waals surface area contributed by atoms with Crippen LogP contribution in [-0.4, -0.2) is 79.0 Å². The number of carbonyl (C=O) groups is 1. The molecule has 0 saturated carbocycles. The number of hydrogen-bond acceptors (Lipinski definition) is 5. The number of likely N-dealkylation sites (N-methyl/N-ethyl adjacent to an activating group) is 2. The van der Waals surface area contributed by atoms with Gasteiger partial charge in [0.25, 0.3) is 0 Å². The minimum Gasteiger partial charge on any atom is -0.399 e. The van der Waals surface area contributed by atoms with Crippen molar-refractivity contribution in [3.05, 3.63) is 59.7 Å². The van der Waals surface area contributed by atoms with Gasteiger partial charge >= 0.3 is 6.03 Å². The van der Waals surface area contributed by atoms with Crippen molar-refractivity contribution in [2.24, 2.45) is 0 Å². The van der Waals surface area contributed by atoms with Gasteiger partial charge in [-0.15, -0.1) is 0 Å². The quantitative estimate of drug-likeness (QED) is 0.745. The van der Waals surface area contributed by atoms with Gasteiger partial charge in [-0.2, -0.15) is 0 Å². The number of urea groups is 1. The Morgan fingerprint density at radius 3 is 1.43 bits per heavy atom. The molecule has 0 radical (unpaired) electrons. The summed E-state index contributed by atoms with van der Waals surface area (Å²) in [6.07, 6.45) is 0. The highest BCUT2D eigenvalue weighted by Gasteiger charge is 2.37. The molecule has 2 atom stereocenters. The van der Waals surface area contributed by atoms with E-state index in [4.69, 9.17) is 11.5 Å². The molecule has 2 saturated heterocycles. The topological polar surface area (TPSA) is 82.1 Å². The molecule has 2 unspecified atom stereocenters. The van der Waals surface area contributed by atoms with E-state index in [0.29, 0.717) is 13.1 Å². The van der Waals surface area contributed by atoms with E-state index in [0.717, 1.165) is 48.7 Å². The van der Waals surface area contributed by atoms with Gasteiger partial charge in [-0.25, -0.2) is 4.79 Å². The van der Waals surface area contributed by atoms with E-state index in [9.17, 15) is 4.79 Å². The van der Waals surface area contributed by atoms with Crippen LogP contribution in [0.4, 0.5) is 16.2 Å². The molecule has 2 amide bonds. The second kappa shape index (κ2) is 8.53. The van der Waals surface area contributed by atoms with E-state index in [-0.39, 0.29) is 18.1 Å². The number of amides is 2. The number of benzene rings is 2. The second-order valence-electron chi connectivity index (χ2n) is 8.56. The Kier molecular flexibility index (Phi) is 5.83. The zero-order valence-electron chi connectivity index (χ0n) is 17.9. The van der Waals surface area contributed by atoms with Gasteiger partial charge in [0.2, 0.25) is 0 Å². The van der Waals surface area contributed by atoms with Crippen LogP contribution in [0.25, 0.3) is 0 Å². The fraction of sp³-hybridized carbons (Fsp3) is 0.435. The van der Waals surface area contributed by atoms with Gasteiger partial charge in [-0.1, -0.05) is 24.3 Å². The van der Waals surface area contributed by atoms with Crippen molar-refractivity contribution in [1.82, 2.24) is 19.6 Å². The lowest BCUT2D eigenvalue weighted by atomic mass is 10.0. The third-order valence-corrected chi connectivity index (χ3v) is 6.30. The third kappa shape index (κ3) is 4.22. The summed E-state index contributed by atoms with van der Waals surface area (Å²) >= 11 is 0. The Hall–Kier alpha value is -2.77. The van der Waals surface area contributed by atoms with Crippen LogP contribution in [0.15, 0.2) is 48.5 Å². The molecule has 2 aromatic rings. The Morgan fingerprint density at radius 2 is 1.07 bits per heavy atom. The molecule has 2 heterocycles. The summed E-state index contributed by atoms with van der Waals surface area (Å²) in [7, 11) is 4.22. The van der Waals surface area contributed by atoms with E-state index in [1.54, 1.807) is 0 Å². The predicted octanol–water partition coefficient (Wildman–Crippen LogP) is 2.25. The van der Waals surface area contributed by atoms with Crippen molar-refractivity contribution in [3.63, 3.8) is 0 Å². The molecule has 0 bridgehead atoms. The van der Waals surface area contributed by atoms with Crippen LogP contribution >= 0.6 is 0 Å². The summed E-state index contributed by atoms with van der Waals surface area (Å²) in [4.78, 5) is 22.5. The predicted molar refractivity (Wildman–Crippen MR) is 121 cm³/mol. The van der Waals surface area contributed by atoms with Crippen molar-refractivity contribution in [2.75, 3.05) is 64.8 Å². The molecule has 2 aliphatic rings. The van der Waals surface area contributed by atoms with Gasteiger partial charge in [0.05, 0.1) is 12.1 Å². The smallest absolute Gasteiger partial charge is 0.321 e. The van der Waals surface area contributed by atoms with Crippen LogP contribution in [-0.2, 0) is 0 Å². The first kappa shape index (κ1) is 20.5. The average Bonchev–Trinajstić information content (AvgIpc) is 2.74.